The number of aldehydes is 1. The maximum absolute atomic E-state index is 11.2. The van der Waals surface area contributed by atoms with Gasteiger partial charge in [-0.05, 0) is 17.5 Å². The SMILES string of the molecule is CC(CC=O)c1ccccc1NS(C)(=O)=O. The zero-order valence-electron chi connectivity index (χ0n) is 9.30. The van der Waals surface area contributed by atoms with E-state index in [0.717, 1.165) is 18.1 Å². The van der Waals surface area contributed by atoms with Crippen molar-refractivity contribution in [1.29, 1.82) is 0 Å². The third kappa shape index (κ3) is 3.66. The first-order valence-corrected chi connectivity index (χ1v) is 6.83. The largest absolute Gasteiger partial charge is 0.303 e. The van der Waals surface area contributed by atoms with Gasteiger partial charge in [0.15, 0.2) is 0 Å². The summed E-state index contributed by atoms with van der Waals surface area (Å²) in [4.78, 5) is 10.4. The molecule has 0 spiro atoms. The maximum atomic E-state index is 11.2. The van der Waals surface area contributed by atoms with Gasteiger partial charge in [0.05, 0.1) is 11.9 Å². The van der Waals surface area contributed by atoms with Crippen LogP contribution in [0.1, 0.15) is 24.8 Å². The number of hydrogen-bond acceptors (Lipinski definition) is 3. The molecule has 0 saturated heterocycles. The van der Waals surface area contributed by atoms with E-state index in [9.17, 15) is 13.2 Å². The Morgan fingerprint density at radius 1 is 1.38 bits per heavy atom. The molecule has 0 heterocycles. The number of para-hydroxylation sites is 1. The zero-order valence-corrected chi connectivity index (χ0v) is 10.1. The predicted molar refractivity (Wildman–Crippen MR) is 64.0 cm³/mol. The highest BCUT2D eigenvalue weighted by atomic mass is 32.2. The van der Waals surface area contributed by atoms with Crippen LogP contribution in [0.2, 0.25) is 0 Å². The average Bonchev–Trinajstić information content (AvgIpc) is 2.16. The van der Waals surface area contributed by atoms with E-state index in [1.54, 1.807) is 12.1 Å². The number of rotatable bonds is 5. The lowest BCUT2D eigenvalue weighted by Crippen LogP contribution is -2.12. The van der Waals surface area contributed by atoms with Gasteiger partial charge in [0.25, 0.3) is 0 Å². The van der Waals surface area contributed by atoms with Gasteiger partial charge in [0.2, 0.25) is 10.0 Å². The summed E-state index contributed by atoms with van der Waals surface area (Å²) >= 11 is 0. The van der Waals surface area contributed by atoms with E-state index in [-0.39, 0.29) is 5.92 Å². The van der Waals surface area contributed by atoms with E-state index in [1.165, 1.54) is 0 Å². The summed E-state index contributed by atoms with van der Waals surface area (Å²) < 4.78 is 24.8. The van der Waals surface area contributed by atoms with Gasteiger partial charge in [-0.2, -0.15) is 0 Å². The fourth-order valence-corrected chi connectivity index (χ4v) is 2.08. The Balaban J connectivity index is 3.04. The van der Waals surface area contributed by atoms with E-state index < -0.39 is 10.0 Å². The van der Waals surface area contributed by atoms with Crippen LogP contribution in [0.15, 0.2) is 24.3 Å². The van der Waals surface area contributed by atoms with E-state index in [1.807, 2.05) is 19.1 Å². The van der Waals surface area contributed by atoms with Crippen molar-refractivity contribution < 1.29 is 13.2 Å². The molecule has 4 nitrogen and oxygen atoms in total. The molecule has 1 rings (SSSR count). The molecule has 5 heteroatoms. The van der Waals surface area contributed by atoms with Crippen LogP contribution in [0, 0.1) is 0 Å². The number of carbonyl (C=O) groups is 1. The van der Waals surface area contributed by atoms with Crippen LogP contribution in [-0.4, -0.2) is 21.0 Å². The smallest absolute Gasteiger partial charge is 0.229 e. The number of sulfonamides is 1. The minimum Gasteiger partial charge on any atom is -0.303 e. The molecule has 0 radical (unpaired) electrons. The molecule has 0 aliphatic rings. The van der Waals surface area contributed by atoms with Crippen molar-refractivity contribution in [2.45, 2.75) is 19.3 Å². The van der Waals surface area contributed by atoms with E-state index >= 15 is 0 Å². The Bertz CT molecular complexity index is 468. The van der Waals surface area contributed by atoms with Crippen molar-refractivity contribution in [2.75, 3.05) is 11.0 Å². The number of anilines is 1. The van der Waals surface area contributed by atoms with Gasteiger partial charge in [-0.3, -0.25) is 4.72 Å². The van der Waals surface area contributed by atoms with Crippen molar-refractivity contribution >= 4 is 22.0 Å². The predicted octanol–water partition coefficient (Wildman–Crippen LogP) is 1.75. The fourth-order valence-electron chi connectivity index (χ4n) is 1.49. The Morgan fingerprint density at radius 3 is 2.56 bits per heavy atom. The first-order chi connectivity index (χ1) is 7.44. The summed E-state index contributed by atoms with van der Waals surface area (Å²) in [6, 6.07) is 7.09. The molecule has 1 atom stereocenters. The van der Waals surface area contributed by atoms with Crippen LogP contribution in [0.4, 0.5) is 5.69 Å². The van der Waals surface area contributed by atoms with E-state index in [4.69, 9.17) is 0 Å². The van der Waals surface area contributed by atoms with Gasteiger partial charge in [-0.1, -0.05) is 25.1 Å². The van der Waals surface area contributed by atoms with Gasteiger partial charge >= 0.3 is 0 Å². The van der Waals surface area contributed by atoms with E-state index in [2.05, 4.69) is 4.72 Å². The Morgan fingerprint density at radius 2 is 2.00 bits per heavy atom. The second kappa shape index (κ2) is 5.12. The third-order valence-electron chi connectivity index (χ3n) is 2.24. The second-order valence-electron chi connectivity index (χ2n) is 3.76. The first kappa shape index (κ1) is 12.7. The highest BCUT2D eigenvalue weighted by Crippen LogP contribution is 2.26. The molecule has 0 aromatic heterocycles. The van der Waals surface area contributed by atoms with Gasteiger partial charge in [-0.15, -0.1) is 0 Å². The number of hydrogen-bond donors (Lipinski definition) is 1. The average molecular weight is 241 g/mol. The van der Waals surface area contributed by atoms with Crippen molar-refractivity contribution in [3.8, 4) is 0 Å². The molecule has 16 heavy (non-hydrogen) atoms. The molecule has 88 valence electrons. The second-order valence-corrected chi connectivity index (χ2v) is 5.51. The van der Waals surface area contributed by atoms with Crippen LogP contribution < -0.4 is 4.72 Å². The molecule has 0 saturated carbocycles. The fraction of sp³-hybridized carbons (Fsp3) is 0.364. The molecule has 1 aromatic carbocycles. The van der Waals surface area contributed by atoms with Crippen LogP contribution in [0.25, 0.3) is 0 Å². The number of nitrogens with one attached hydrogen (secondary N) is 1. The Labute approximate surface area is 95.7 Å². The van der Waals surface area contributed by atoms with E-state index in [0.29, 0.717) is 12.1 Å². The van der Waals surface area contributed by atoms with Gasteiger partial charge in [0, 0.05) is 6.42 Å². The third-order valence-corrected chi connectivity index (χ3v) is 2.83. The summed E-state index contributed by atoms with van der Waals surface area (Å²) in [7, 11) is -3.29. The molecule has 0 fully saturated rings. The number of benzene rings is 1. The monoisotopic (exact) mass is 241 g/mol. The molecule has 0 aliphatic carbocycles. The molecule has 0 amide bonds. The summed E-state index contributed by atoms with van der Waals surface area (Å²) in [5.41, 5.74) is 1.37. The van der Waals surface area contributed by atoms with Crippen molar-refractivity contribution in [2.24, 2.45) is 0 Å². The quantitative estimate of drug-likeness (QED) is 0.799. The molecule has 1 unspecified atom stereocenters. The van der Waals surface area contributed by atoms with Crippen molar-refractivity contribution in [3.63, 3.8) is 0 Å². The molecule has 1 N–H and O–H groups in total. The summed E-state index contributed by atoms with van der Waals surface area (Å²) in [6.07, 6.45) is 2.32. The standard InChI is InChI=1S/C11H15NO3S/c1-9(7-8-13)10-5-3-4-6-11(10)12-16(2,14)15/h3-6,8-9,12H,7H2,1-2H3. The lowest BCUT2D eigenvalue weighted by atomic mass is 9.97. The van der Waals surface area contributed by atoms with Gasteiger partial charge in [0.1, 0.15) is 6.29 Å². The summed E-state index contributed by atoms with van der Waals surface area (Å²) in [5, 5.41) is 0. The molecular weight excluding hydrogens is 226 g/mol. The number of carbonyl (C=O) groups excluding carboxylic acids is 1. The Hall–Kier alpha value is -1.36. The molecule has 0 bridgehead atoms. The Kier molecular flexibility index (Phi) is 4.06. The highest BCUT2D eigenvalue weighted by Gasteiger charge is 2.12. The minimum absolute atomic E-state index is 0.00273. The van der Waals surface area contributed by atoms with Crippen LogP contribution >= 0.6 is 0 Å². The van der Waals surface area contributed by atoms with Crippen LogP contribution in [0.3, 0.4) is 0 Å². The topological polar surface area (TPSA) is 63.2 Å². The highest BCUT2D eigenvalue weighted by molar-refractivity contribution is 7.92. The first-order valence-electron chi connectivity index (χ1n) is 4.94. The summed E-state index contributed by atoms with van der Waals surface area (Å²) in [6.45, 7) is 1.89. The van der Waals surface area contributed by atoms with Crippen molar-refractivity contribution in [3.05, 3.63) is 29.8 Å². The summed E-state index contributed by atoms with van der Waals surface area (Å²) in [5.74, 6) is 0.00273. The van der Waals surface area contributed by atoms with Crippen LogP contribution in [0.5, 0.6) is 0 Å². The van der Waals surface area contributed by atoms with Gasteiger partial charge in [-0.25, -0.2) is 8.42 Å². The minimum atomic E-state index is -3.29. The molecule has 1 aromatic rings. The normalized spacial score (nSPS) is 13.1. The lowest BCUT2D eigenvalue weighted by Gasteiger charge is -2.14. The molecule has 0 aliphatic heterocycles. The van der Waals surface area contributed by atoms with Crippen molar-refractivity contribution in [1.82, 2.24) is 0 Å². The maximum Gasteiger partial charge on any atom is 0.229 e. The zero-order chi connectivity index (χ0) is 12.2. The lowest BCUT2D eigenvalue weighted by molar-refractivity contribution is -0.108. The molecular formula is C11H15NO3S. The van der Waals surface area contributed by atoms with Crippen LogP contribution in [-0.2, 0) is 14.8 Å². The van der Waals surface area contributed by atoms with Gasteiger partial charge < -0.3 is 4.79 Å².